The molecule has 125 heavy (non-hydrogen) atoms. The molecule has 16 aromatic rings. The van der Waals surface area contributed by atoms with Gasteiger partial charge in [-0.2, -0.15) is 0 Å². The lowest BCUT2D eigenvalue weighted by Crippen LogP contribution is -2.32. The normalized spacial score (nSPS) is 12.8. The summed E-state index contributed by atoms with van der Waals surface area (Å²) >= 11 is 8.70. The van der Waals surface area contributed by atoms with Gasteiger partial charge in [0.25, 0.3) is 17.7 Å². The van der Waals surface area contributed by atoms with E-state index in [0.29, 0.717) is 138 Å². The number of aryl methyl sites for hydroxylation is 4. The van der Waals surface area contributed by atoms with Gasteiger partial charge in [-0.15, -0.1) is 34.0 Å². The van der Waals surface area contributed by atoms with E-state index in [0.717, 1.165) is 145 Å². The number of carboxylic acids is 2. The molecular weight excluding hydrogens is 1690 g/mol. The summed E-state index contributed by atoms with van der Waals surface area (Å²) < 4.78 is 20.6. The van der Waals surface area contributed by atoms with Gasteiger partial charge in [0, 0.05) is 108 Å². The summed E-state index contributed by atoms with van der Waals surface area (Å²) in [5.41, 5.74) is 12.4. The fourth-order valence-corrected chi connectivity index (χ4v) is 21.2. The molecule has 0 aliphatic carbocycles. The zero-order valence-electron chi connectivity index (χ0n) is 67.9. The molecule has 11 heterocycles. The maximum absolute atomic E-state index is 13.4. The molecule has 3 aliphatic heterocycles. The largest absolute Gasteiger partial charge is 0.494 e. The van der Waals surface area contributed by atoms with Crippen molar-refractivity contribution in [3.63, 3.8) is 0 Å². The van der Waals surface area contributed by atoms with Crippen LogP contribution < -0.4 is 44.9 Å². The first-order chi connectivity index (χ1) is 61.0. The van der Waals surface area contributed by atoms with E-state index in [2.05, 4.69) is 71.6 Å². The number of rotatable bonds is 27. The van der Waals surface area contributed by atoms with Crippen molar-refractivity contribution in [3.05, 3.63) is 300 Å². The predicted octanol–water partition coefficient (Wildman–Crippen LogP) is 19.6. The summed E-state index contributed by atoms with van der Waals surface area (Å²) in [7, 11) is 0. The quantitative estimate of drug-likeness (QED) is 0.0236. The second-order valence-corrected chi connectivity index (χ2v) is 36.2. The summed E-state index contributed by atoms with van der Waals surface area (Å²) in [5.74, 6) is -0.362. The molecule has 8 aromatic carbocycles. The lowest BCUT2D eigenvalue weighted by Gasteiger charge is -2.29. The Labute approximate surface area is 742 Å². The summed E-state index contributed by atoms with van der Waals surface area (Å²) in [6, 6.07) is 60.2. The van der Waals surface area contributed by atoms with Gasteiger partial charge in [-0.1, -0.05) is 125 Å². The number of fused-ring (bicyclic) bond motifs is 7. The van der Waals surface area contributed by atoms with Gasteiger partial charge in [-0.05, 0) is 206 Å². The van der Waals surface area contributed by atoms with Crippen LogP contribution in [-0.2, 0) is 58.2 Å². The number of pyridine rings is 2. The van der Waals surface area contributed by atoms with Crippen LogP contribution in [0.25, 0.3) is 41.4 Å². The minimum Gasteiger partial charge on any atom is -0.494 e. The Morgan fingerprint density at radius 2 is 0.784 bits per heavy atom. The van der Waals surface area contributed by atoms with Crippen LogP contribution in [-0.4, -0.2) is 125 Å². The van der Waals surface area contributed by atoms with Gasteiger partial charge in [-0.25, -0.2) is 39.5 Å². The van der Waals surface area contributed by atoms with E-state index in [9.17, 15) is 39.0 Å². The SMILES string of the molecule is CC(=O)c1nc(N2CCc3cccc(C(=O)Nc4nc5ccccc5s4)c3C2)sc1CCCOc1ccncc1.Cc1cccc(OCCCc2sc(N3CCc4cccc(C(=O)Nc5nc6ccccc6s5)c4C3)nc2C(=O)O)c1.O=C(Nc1nc2ccccc2s1)c1cccc2c1CN(c1nc(C(=O)O)c(CCCOc3ccc4ccncc4c3)s1)CC2. The number of anilines is 6. The number of para-hydroxylation sites is 3. The van der Waals surface area contributed by atoms with Crippen LogP contribution in [0.3, 0.4) is 0 Å². The van der Waals surface area contributed by atoms with Crippen LogP contribution in [0.15, 0.2) is 213 Å². The highest BCUT2D eigenvalue weighted by Gasteiger charge is 2.32. The first-order valence-corrected chi connectivity index (χ1v) is 45.6. The molecule has 0 unspecified atom stereocenters. The van der Waals surface area contributed by atoms with E-state index in [1.807, 2.05) is 189 Å². The zero-order valence-corrected chi connectivity index (χ0v) is 72.8. The summed E-state index contributed by atoms with van der Waals surface area (Å²) in [6.07, 6.45) is 13.1. The lowest BCUT2D eigenvalue weighted by atomic mass is 9.94. The Kier molecular flexibility index (Phi) is 25.9. The molecule has 3 aliphatic rings. The third-order valence-corrected chi connectivity index (χ3v) is 27.8. The predicted molar refractivity (Wildman–Crippen MR) is 495 cm³/mol. The minimum atomic E-state index is -1.04. The van der Waals surface area contributed by atoms with Crippen LogP contribution in [0, 0.1) is 6.92 Å². The molecule has 0 saturated carbocycles. The number of thiazole rings is 6. The number of nitrogens with one attached hydrogen (secondary N) is 3. The van der Waals surface area contributed by atoms with Gasteiger partial charge in [0.15, 0.2) is 48.0 Å². The van der Waals surface area contributed by atoms with Crippen LogP contribution in [0.2, 0.25) is 0 Å². The van der Waals surface area contributed by atoms with Gasteiger partial charge in [0.1, 0.15) is 22.9 Å². The van der Waals surface area contributed by atoms with Gasteiger partial charge >= 0.3 is 11.9 Å². The highest BCUT2D eigenvalue weighted by atomic mass is 32.1. The van der Waals surface area contributed by atoms with Crippen LogP contribution in [0.5, 0.6) is 17.2 Å². The van der Waals surface area contributed by atoms with Gasteiger partial charge in [0.2, 0.25) is 0 Å². The number of carboxylic acid groups (broad SMARTS) is 2. The number of aromatic carboxylic acids is 2. The molecule has 0 spiro atoms. The number of carbonyl (C=O) groups is 6. The maximum atomic E-state index is 13.4. The zero-order chi connectivity index (χ0) is 85.9. The molecule has 8 aromatic heterocycles. The molecule has 19 rings (SSSR count). The molecule has 630 valence electrons. The molecule has 0 saturated heterocycles. The van der Waals surface area contributed by atoms with E-state index in [-0.39, 0.29) is 34.9 Å². The Bertz CT molecular complexity index is 6600. The highest BCUT2D eigenvalue weighted by Crippen LogP contribution is 2.39. The molecule has 0 atom stereocenters. The number of benzene rings is 8. The Morgan fingerprint density at radius 3 is 1.20 bits per heavy atom. The van der Waals surface area contributed by atoms with Gasteiger partial charge in [0.05, 0.1) is 50.5 Å². The summed E-state index contributed by atoms with van der Waals surface area (Å²) in [5, 5.41) is 34.6. The monoisotopic (exact) mass is 1770 g/mol. The molecule has 3 amide bonds. The van der Waals surface area contributed by atoms with Crippen molar-refractivity contribution in [2.24, 2.45) is 0 Å². The Hall–Kier alpha value is -13.3. The molecule has 0 bridgehead atoms. The number of amides is 3. The second-order valence-electron chi connectivity index (χ2n) is 29.9. The number of Topliss-reactive ketones (excluding diaryl/α,β-unsaturated/α-hetero) is 1. The Morgan fingerprint density at radius 1 is 0.392 bits per heavy atom. The van der Waals surface area contributed by atoms with Crippen molar-refractivity contribution >= 4 is 176 Å². The first-order valence-electron chi connectivity index (χ1n) is 40.7. The van der Waals surface area contributed by atoms with E-state index < -0.39 is 11.9 Å². The molecule has 5 N–H and O–H groups in total. The standard InChI is InChI=1S/C33H27N5O4S2.C31H28N4O4S2.C30H27N5O3S2/c39-30(37-32-35-26-7-1-2-8-27(26)43-32)24-6-3-5-21-13-15-38(19-25(21)24)33-36-29(31(40)41)28(44-33)9-4-16-42-23-11-10-20-12-14-34-18-22(20)17-23;1-19-7-4-9-21(17-19)39-16-6-13-26-27(29(37)38)33-31(41-26)35-15-14-20-8-5-10-22(23(20)18-35)28(36)34-30-32-24-11-2-3-12-25(24)40-30;1-19(36)27-26(10-5-17-38-21-11-14-31-15-12-21)40-30(33-27)35-16-13-20-6-4-7-22(23(20)18-35)28(37)34-29-32-24-8-2-3-9-25(24)39-29/h1-3,5-8,10-12,14,17-18H,4,9,13,15-16,19H2,(H,40,41)(H,35,37,39);2-5,7-12,17H,6,13-16,18H2,1H3,(H,37,38)(H,32,34,36);2-4,6-9,11-12,14-15H,5,10,13,16-18H2,1H3,(H,32,34,37). The number of ketones is 1. The average molecular weight is 1780 g/mol. The van der Waals surface area contributed by atoms with Crippen molar-refractivity contribution in [1.82, 2.24) is 39.9 Å². The third-order valence-electron chi connectivity index (χ3n) is 21.4. The molecule has 25 nitrogen and oxygen atoms in total. The van der Waals surface area contributed by atoms with Gasteiger partial charge < -0.3 is 39.1 Å². The average Bonchev–Trinajstić information content (AvgIpc) is 1.75. The van der Waals surface area contributed by atoms with Gasteiger partial charge in [-0.3, -0.25) is 45.1 Å². The van der Waals surface area contributed by atoms with E-state index in [1.54, 1.807) is 43.0 Å². The maximum Gasteiger partial charge on any atom is 0.355 e. The molecule has 0 radical (unpaired) electrons. The number of carbonyl (C=O) groups excluding carboxylic acids is 4. The number of ether oxygens (including phenoxy) is 3. The topological polar surface area (TPSA) is 319 Å². The molecular formula is C94H82N14O11S6. The fraction of sp³-hybridized carbons (Fsp3) is 0.213. The lowest BCUT2D eigenvalue weighted by molar-refractivity contribution is 0.0679. The van der Waals surface area contributed by atoms with E-state index in [4.69, 9.17) is 19.2 Å². The van der Waals surface area contributed by atoms with Crippen LogP contribution >= 0.6 is 68.0 Å². The van der Waals surface area contributed by atoms with Crippen molar-refractivity contribution in [3.8, 4) is 17.2 Å². The number of hydrogen-bond acceptors (Lipinski definition) is 26. The smallest absolute Gasteiger partial charge is 0.355 e. The minimum absolute atomic E-state index is 0.0409. The van der Waals surface area contributed by atoms with Crippen molar-refractivity contribution < 1.29 is 53.2 Å². The van der Waals surface area contributed by atoms with Crippen molar-refractivity contribution in [2.45, 2.75) is 91.3 Å². The Balaban J connectivity index is 0.000000133. The first kappa shape index (κ1) is 83.9. The highest BCUT2D eigenvalue weighted by molar-refractivity contribution is 7.23. The van der Waals surface area contributed by atoms with E-state index >= 15 is 0 Å². The summed E-state index contributed by atoms with van der Waals surface area (Å²) in [4.78, 5) is 121. The van der Waals surface area contributed by atoms with Crippen molar-refractivity contribution in [2.75, 3.05) is 70.1 Å². The third kappa shape index (κ3) is 20.0. The molecule has 31 heteroatoms. The number of nitrogens with zero attached hydrogens (tertiary/aromatic N) is 11. The van der Waals surface area contributed by atoms with Crippen LogP contribution in [0.1, 0.15) is 142 Å². The van der Waals surface area contributed by atoms with Crippen molar-refractivity contribution in [1.29, 1.82) is 0 Å². The van der Waals surface area contributed by atoms with Crippen LogP contribution in [0.4, 0.5) is 30.8 Å². The van der Waals surface area contributed by atoms with E-state index in [1.165, 1.54) is 56.7 Å². The molecule has 0 fully saturated rings. The fourth-order valence-electron chi connectivity index (χ4n) is 15.2. The number of hydrogen-bond donors (Lipinski definition) is 5. The number of aromatic nitrogens is 8. The summed E-state index contributed by atoms with van der Waals surface area (Å²) in [6.45, 7) is 8.68. The second kappa shape index (κ2) is 38.6.